The second-order valence-electron chi connectivity index (χ2n) is 2.04. The summed E-state index contributed by atoms with van der Waals surface area (Å²) in [5, 5.41) is 0. The van der Waals surface area contributed by atoms with Crippen molar-refractivity contribution in [3.8, 4) is 0 Å². The number of ether oxygens (including phenoxy) is 2. The van der Waals surface area contributed by atoms with Gasteiger partial charge in [0.2, 0.25) is 0 Å². The molecule has 0 rings (SSSR count). The lowest BCUT2D eigenvalue weighted by molar-refractivity contribution is -0.136. The Hall–Kier alpha value is -1.84. The Labute approximate surface area is 83.5 Å². The van der Waals surface area contributed by atoms with Gasteiger partial charge in [0.1, 0.15) is 5.76 Å². The van der Waals surface area contributed by atoms with E-state index in [4.69, 9.17) is 0 Å². The quantitative estimate of drug-likeness (QED) is 0.395. The standard InChI is InChI=1S/C6H8O2.C4H6O2/c1-4-5(2)8-6(3)7;1-3-6-4(2)5/h4H,1-2H2,3H3;3H,1H2,2H3. The molecule has 0 atom stereocenters. The number of carbonyl (C=O) groups is 2. The Morgan fingerprint density at radius 1 is 1.14 bits per heavy atom. The SMILES string of the molecule is C=CC(=C)OC(C)=O.C=COC(C)=O. The highest BCUT2D eigenvalue weighted by atomic mass is 16.5. The fourth-order valence-corrected chi connectivity index (χ4v) is 0.344. The second-order valence-corrected chi connectivity index (χ2v) is 2.04. The molecule has 4 heteroatoms. The number of carbonyl (C=O) groups excluding carboxylic acids is 2. The van der Waals surface area contributed by atoms with E-state index in [1.54, 1.807) is 0 Å². The molecular weight excluding hydrogens is 184 g/mol. The number of hydrogen-bond acceptors (Lipinski definition) is 4. The summed E-state index contributed by atoms with van der Waals surface area (Å²) in [5.41, 5.74) is 0. The van der Waals surface area contributed by atoms with E-state index in [0.717, 1.165) is 6.26 Å². The monoisotopic (exact) mass is 198 g/mol. The zero-order valence-electron chi connectivity index (χ0n) is 8.41. The minimum Gasteiger partial charge on any atom is -0.435 e. The highest BCUT2D eigenvalue weighted by molar-refractivity contribution is 5.67. The molecule has 0 amide bonds. The van der Waals surface area contributed by atoms with Gasteiger partial charge in [0.25, 0.3) is 0 Å². The third-order valence-electron chi connectivity index (χ3n) is 0.752. The number of hydrogen-bond donors (Lipinski definition) is 0. The van der Waals surface area contributed by atoms with Gasteiger partial charge in [-0.15, -0.1) is 0 Å². The Bertz CT molecular complexity index is 241. The Morgan fingerprint density at radius 3 is 1.71 bits per heavy atom. The van der Waals surface area contributed by atoms with Crippen molar-refractivity contribution in [2.75, 3.05) is 0 Å². The van der Waals surface area contributed by atoms with Crippen LogP contribution < -0.4 is 0 Å². The van der Waals surface area contributed by atoms with Crippen LogP contribution in [-0.2, 0) is 19.1 Å². The molecule has 0 aliphatic rings. The summed E-state index contributed by atoms with van der Waals surface area (Å²) in [7, 11) is 0. The molecule has 0 unspecified atom stereocenters. The van der Waals surface area contributed by atoms with Gasteiger partial charge in [-0.3, -0.25) is 9.59 Å². The van der Waals surface area contributed by atoms with Crippen molar-refractivity contribution in [3.05, 3.63) is 37.8 Å². The van der Waals surface area contributed by atoms with E-state index in [0.29, 0.717) is 0 Å². The van der Waals surface area contributed by atoms with Crippen molar-refractivity contribution in [3.63, 3.8) is 0 Å². The molecule has 0 aromatic carbocycles. The van der Waals surface area contributed by atoms with Gasteiger partial charge in [-0.1, -0.05) is 19.7 Å². The zero-order chi connectivity index (χ0) is 11.6. The van der Waals surface area contributed by atoms with E-state index in [1.807, 2.05) is 0 Å². The summed E-state index contributed by atoms with van der Waals surface area (Å²) in [6.45, 7) is 12.5. The Balaban J connectivity index is 0. The molecule has 0 fully saturated rings. The smallest absolute Gasteiger partial charge is 0.308 e. The second kappa shape index (κ2) is 9.25. The van der Waals surface area contributed by atoms with Crippen LogP contribution in [0.25, 0.3) is 0 Å². The molecule has 0 saturated carbocycles. The summed E-state index contributed by atoms with van der Waals surface area (Å²) >= 11 is 0. The van der Waals surface area contributed by atoms with Crippen LogP contribution in [0, 0.1) is 0 Å². The van der Waals surface area contributed by atoms with E-state index in [9.17, 15) is 9.59 Å². The molecule has 0 aliphatic carbocycles. The van der Waals surface area contributed by atoms with E-state index in [1.165, 1.54) is 19.9 Å². The van der Waals surface area contributed by atoms with Gasteiger partial charge in [0.05, 0.1) is 6.26 Å². The summed E-state index contributed by atoms with van der Waals surface area (Å²) in [6.07, 6.45) is 2.48. The van der Waals surface area contributed by atoms with E-state index < -0.39 is 0 Å². The number of rotatable bonds is 3. The average Bonchev–Trinajstić information content (AvgIpc) is 2.03. The average molecular weight is 198 g/mol. The minimum atomic E-state index is -0.366. The van der Waals surface area contributed by atoms with Crippen molar-refractivity contribution in [2.45, 2.75) is 13.8 Å². The Morgan fingerprint density at radius 2 is 1.64 bits per heavy atom. The predicted octanol–water partition coefficient (Wildman–Crippen LogP) is 1.94. The first-order valence-corrected chi connectivity index (χ1v) is 3.72. The first kappa shape index (κ1) is 14.7. The van der Waals surface area contributed by atoms with Crippen LogP contribution in [0.2, 0.25) is 0 Å². The van der Waals surface area contributed by atoms with Crippen LogP contribution in [0.5, 0.6) is 0 Å². The van der Waals surface area contributed by atoms with Crippen molar-refractivity contribution >= 4 is 11.9 Å². The van der Waals surface area contributed by atoms with Crippen LogP contribution in [0.1, 0.15) is 13.8 Å². The van der Waals surface area contributed by atoms with Gasteiger partial charge < -0.3 is 9.47 Å². The lowest BCUT2D eigenvalue weighted by Gasteiger charge is -1.95. The molecular formula is C10H14O4. The highest BCUT2D eigenvalue weighted by Gasteiger charge is 1.90. The van der Waals surface area contributed by atoms with Gasteiger partial charge in [0.15, 0.2) is 0 Å². The van der Waals surface area contributed by atoms with Crippen molar-refractivity contribution in [1.29, 1.82) is 0 Å². The molecule has 0 aromatic heterocycles. The summed E-state index contributed by atoms with van der Waals surface area (Å²) in [4.78, 5) is 19.8. The predicted molar refractivity (Wildman–Crippen MR) is 53.1 cm³/mol. The number of esters is 2. The third kappa shape index (κ3) is 16.6. The molecule has 0 saturated heterocycles. The largest absolute Gasteiger partial charge is 0.435 e. The van der Waals surface area contributed by atoms with Gasteiger partial charge in [-0.25, -0.2) is 0 Å². The topological polar surface area (TPSA) is 52.6 Å². The first-order chi connectivity index (χ1) is 6.43. The third-order valence-corrected chi connectivity index (χ3v) is 0.752. The molecule has 0 bridgehead atoms. The summed E-state index contributed by atoms with van der Waals surface area (Å²) in [6, 6.07) is 0. The summed E-state index contributed by atoms with van der Waals surface area (Å²) < 4.78 is 8.61. The molecule has 0 radical (unpaired) electrons. The van der Waals surface area contributed by atoms with Crippen LogP contribution in [-0.4, -0.2) is 11.9 Å². The van der Waals surface area contributed by atoms with Gasteiger partial charge in [-0.05, 0) is 6.08 Å². The maximum Gasteiger partial charge on any atom is 0.308 e. The van der Waals surface area contributed by atoms with Crippen LogP contribution in [0.15, 0.2) is 37.8 Å². The molecule has 78 valence electrons. The molecule has 0 aliphatic heterocycles. The van der Waals surface area contributed by atoms with Crippen LogP contribution in [0.4, 0.5) is 0 Å². The molecule has 0 spiro atoms. The molecule has 0 aromatic rings. The molecule has 0 heterocycles. The van der Waals surface area contributed by atoms with Crippen molar-refractivity contribution < 1.29 is 19.1 Å². The fourth-order valence-electron chi connectivity index (χ4n) is 0.344. The van der Waals surface area contributed by atoms with E-state index >= 15 is 0 Å². The first-order valence-electron chi connectivity index (χ1n) is 3.72. The lowest BCUT2D eigenvalue weighted by atomic mass is 10.5. The molecule has 0 N–H and O–H groups in total. The molecule has 4 nitrogen and oxygen atoms in total. The highest BCUT2D eigenvalue weighted by Crippen LogP contribution is 1.92. The number of allylic oxidation sites excluding steroid dienone is 1. The van der Waals surface area contributed by atoms with Gasteiger partial charge in [0, 0.05) is 13.8 Å². The van der Waals surface area contributed by atoms with E-state index in [2.05, 4.69) is 29.2 Å². The summed E-state index contributed by atoms with van der Waals surface area (Å²) in [5.74, 6) is -0.405. The zero-order valence-corrected chi connectivity index (χ0v) is 8.41. The normalized spacial score (nSPS) is 7.29. The van der Waals surface area contributed by atoms with Gasteiger partial charge in [-0.2, -0.15) is 0 Å². The minimum absolute atomic E-state index is 0.289. The Kier molecular flexibility index (Phi) is 9.69. The van der Waals surface area contributed by atoms with Crippen LogP contribution >= 0.6 is 0 Å². The molecule has 14 heavy (non-hydrogen) atoms. The fraction of sp³-hybridized carbons (Fsp3) is 0.200. The maximum absolute atomic E-state index is 10.1. The van der Waals surface area contributed by atoms with E-state index in [-0.39, 0.29) is 17.7 Å². The lowest BCUT2D eigenvalue weighted by Crippen LogP contribution is -1.94. The van der Waals surface area contributed by atoms with Crippen molar-refractivity contribution in [2.24, 2.45) is 0 Å². The van der Waals surface area contributed by atoms with Gasteiger partial charge >= 0.3 is 11.9 Å². The van der Waals surface area contributed by atoms with Crippen molar-refractivity contribution in [1.82, 2.24) is 0 Å². The van der Waals surface area contributed by atoms with Crippen LogP contribution in [0.3, 0.4) is 0 Å². The maximum atomic E-state index is 10.1.